The number of hydrogen-bond acceptors (Lipinski definition) is 5. The largest absolute Gasteiger partial charge is 0.493 e. The number of rotatable bonds is 7. The fourth-order valence-electron chi connectivity index (χ4n) is 2.71. The quantitative estimate of drug-likeness (QED) is 0.738. The minimum atomic E-state index is -3.76. The zero-order valence-electron chi connectivity index (χ0n) is 15.1. The van der Waals surface area contributed by atoms with Gasteiger partial charge in [-0.1, -0.05) is 29.8 Å². The molecule has 9 heteroatoms. The molecule has 1 N–H and O–H groups in total. The van der Waals surface area contributed by atoms with Crippen LogP contribution in [-0.4, -0.2) is 51.5 Å². The summed E-state index contributed by atoms with van der Waals surface area (Å²) in [6.07, 6.45) is 0.128. The molecule has 3 rings (SSSR count). The van der Waals surface area contributed by atoms with E-state index in [4.69, 9.17) is 21.1 Å². The molecule has 0 aliphatic carbocycles. The molecule has 150 valence electrons. The second kappa shape index (κ2) is 9.38. The van der Waals surface area contributed by atoms with Gasteiger partial charge >= 0.3 is 0 Å². The zero-order valence-corrected chi connectivity index (χ0v) is 16.7. The molecule has 1 aliphatic rings. The van der Waals surface area contributed by atoms with Crippen LogP contribution in [0.25, 0.3) is 0 Å². The van der Waals surface area contributed by atoms with Crippen LogP contribution in [0.15, 0.2) is 53.4 Å². The van der Waals surface area contributed by atoms with E-state index >= 15 is 0 Å². The lowest BCUT2D eigenvalue weighted by Crippen LogP contribution is -2.40. The van der Waals surface area contributed by atoms with Crippen LogP contribution in [0, 0.1) is 0 Å². The van der Waals surface area contributed by atoms with Gasteiger partial charge in [0.05, 0.1) is 31.3 Å². The highest BCUT2D eigenvalue weighted by atomic mass is 35.5. The Hall–Kier alpha value is -2.13. The van der Waals surface area contributed by atoms with Crippen molar-refractivity contribution in [1.29, 1.82) is 0 Å². The normalized spacial score (nSPS) is 15.2. The predicted molar refractivity (Wildman–Crippen MR) is 106 cm³/mol. The van der Waals surface area contributed by atoms with Gasteiger partial charge in [0.1, 0.15) is 10.6 Å². The van der Waals surface area contributed by atoms with Gasteiger partial charge in [0.25, 0.3) is 0 Å². The number of carbonyl (C=O) groups excluding carboxylic acids is 1. The van der Waals surface area contributed by atoms with Gasteiger partial charge < -0.3 is 14.8 Å². The van der Waals surface area contributed by atoms with Crippen molar-refractivity contribution >= 4 is 33.2 Å². The Kier molecular flexibility index (Phi) is 6.90. The molecule has 0 radical (unpaired) electrons. The molecule has 7 nitrogen and oxygen atoms in total. The minimum absolute atomic E-state index is 0.0330. The average molecular weight is 425 g/mol. The molecule has 1 aliphatic heterocycles. The summed E-state index contributed by atoms with van der Waals surface area (Å²) < 4.78 is 37.7. The lowest BCUT2D eigenvalue weighted by atomic mass is 10.3. The first-order valence-corrected chi connectivity index (χ1v) is 10.6. The summed E-state index contributed by atoms with van der Waals surface area (Å²) in [4.78, 5) is 12.1. The molecule has 28 heavy (non-hydrogen) atoms. The van der Waals surface area contributed by atoms with Gasteiger partial charge in [0.2, 0.25) is 15.9 Å². The first-order valence-electron chi connectivity index (χ1n) is 8.82. The number of ether oxygens (including phenoxy) is 2. The number of sulfonamides is 1. The summed E-state index contributed by atoms with van der Waals surface area (Å²) >= 11 is 6.12. The Balaban J connectivity index is 1.63. The number of para-hydroxylation sites is 1. The molecule has 1 saturated heterocycles. The second-order valence-corrected chi connectivity index (χ2v) is 8.43. The third-order valence-corrected chi connectivity index (χ3v) is 6.52. The Labute approximate surface area is 169 Å². The SMILES string of the molecule is O=C(CCOc1ccccc1)Nc1ccc(Cl)c(S(=O)(=O)N2CCOCC2)c1. The first-order chi connectivity index (χ1) is 13.5. The maximum Gasteiger partial charge on any atom is 0.244 e. The standard InChI is InChI=1S/C19H21ClN2O5S/c20-17-7-6-15(14-18(17)28(24,25)22-9-12-26-13-10-22)21-19(23)8-11-27-16-4-2-1-3-5-16/h1-7,14H,8-13H2,(H,21,23). The van der Waals surface area contributed by atoms with Gasteiger partial charge in [0, 0.05) is 18.8 Å². The van der Waals surface area contributed by atoms with Crippen LogP contribution in [0.2, 0.25) is 5.02 Å². The molecule has 1 amide bonds. The van der Waals surface area contributed by atoms with E-state index in [0.29, 0.717) is 24.7 Å². The number of nitrogens with zero attached hydrogens (tertiary/aromatic N) is 1. The smallest absolute Gasteiger partial charge is 0.244 e. The number of hydrogen-bond donors (Lipinski definition) is 1. The van der Waals surface area contributed by atoms with E-state index in [0.717, 1.165) is 0 Å². The highest BCUT2D eigenvalue weighted by molar-refractivity contribution is 7.89. The van der Waals surface area contributed by atoms with Crippen LogP contribution < -0.4 is 10.1 Å². The van der Waals surface area contributed by atoms with Gasteiger partial charge in [-0.15, -0.1) is 0 Å². The van der Waals surface area contributed by atoms with Crippen molar-refractivity contribution in [3.63, 3.8) is 0 Å². The van der Waals surface area contributed by atoms with E-state index < -0.39 is 10.0 Å². The number of morpholine rings is 1. The summed E-state index contributed by atoms with van der Waals surface area (Å²) in [5.74, 6) is 0.397. The summed E-state index contributed by atoms with van der Waals surface area (Å²) in [6, 6.07) is 13.6. The zero-order chi connectivity index (χ0) is 20.0. The van der Waals surface area contributed by atoms with E-state index in [-0.39, 0.29) is 41.9 Å². The van der Waals surface area contributed by atoms with Crippen molar-refractivity contribution in [3.8, 4) is 5.75 Å². The van der Waals surface area contributed by atoms with E-state index in [2.05, 4.69) is 5.32 Å². The van der Waals surface area contributed by atoms with Gasteiger partial charge in [-0.05, 0) is 30.3 Å². The van der Waals surface area contributed by atoms with Crippen LogP contribution in [0.3, 0.4) is 0 Å². The van der Waals surface area contributed by atoms with E-state index in [1.165, 1.54) is 16.4 Å². The highest BCUT2D eigenvalue weighted by Gasteiger charge is 2.28. The number of nitrogens with one attached hydrogen (secondary N) is 1. The van der Waals surface area contributed by atoms with Crippen LogP contribution in [0.1, 0.15) is 6.42 Å². The monoisotopic (exact) mass is 424 g/mol. The van der Waals surface area contributed by atoms with Gasteiger partial charge in [-0.25, -0.2) is 8.42 Å². The van der Waals surface area contributed by atoms with Crippen molar-refractivity contribution < 1.29 is 22.7 Å². The molecule has 1 fully saturated rings. The molecular weight excluding hydrogens is 404 g/mol. The number of anilines is 1. The number of halogens is 1. The first kappa shape index (κ1) is 20.6. The van der Waals surface area contributed by atoms with Crippen molar-refractivity contribution in [1.82, 2.24) is 4.31 Å². The maximum absolute atomic E-state index is 12.8. The Bertz CT molecular complexity index is 915. The molecule has 0 spiro atoms. The van der Waals surface area contributed by atoms with Crippen molar-refractivity contribution in [2.24, 2.45) is 0 Å². The molecule has 1 heterocycles. The highest BCUT2D eigenvalue weighted by Crippen LogP contribution is 2.28. The van der Waals surface area contributed by atoms with E-state index in [1.54, 1.807) is 18.2 Å². The summed E-state index contributed by atoms with van der Waals surface area (Å²) in [5, 5.41) is 2.79. The van der Waals surface area contributed by atoms with Crippen molar-refractivity contribution in [3.05, 3.63) is 53.6 Å². The lowest BCUT2D eigenvalue weighted by molar-refractivity contribution is -0.116. The fraction of sp³-hybridized carbons (Fsp3) is 0.316. The topological polar surface area (TPSA) is 84.9 Å². The third-order valence-electron chi connectivity index (χ3n) is 4.14. The maximum atomic E-state index is 12.8. The summed E-state index contributed by atoms with van der Waals surface area (Å²) in [5.41, 5.74) is 0.362. The van der Waals surface area contributed by atoms with E-state index in [1.807, 2.05) is 18.2 Å². The van der Waals surface area contributed by atoms with Crippen LogP contribution >= 0.6 is 11.6 Å². The van der Waals surface area contributed by atoms with Gasteiger partial charge in [-0.3, -0.25) is 4.79 Å². The number of benzene rings is 2. The average Bonchev–Trinajstić information content (AvgIpc) is 2.71. The fourth-order valence-corrected chi connectivity index (χ4v) is 4.61. The molecule has 2 aromatic rings. The summed E-state index contributed by atoms with van der Waals surface area (Å²) in [7, 11) is -3.76. The predicted octanol–water partition coefficient (Wildman–Crippen LogP) is 2.77. The molecule has 0 aromatic heterocycles. The van der Waals surface area contributed by atoms with E-state index in [9.17, 15) is 13.2 Å². The molecule has 0 unspecified atom stereocenters. The molecule has 0 bridgehead atoms. The lowest BCUT2D eigenvalue weighted by Gasteiger charge is -2.26. The van der Waals surface area contributed by atoms with Crippen LogP contribution in [0.5, 0.6) is 5.75 Å². The van der Waals surface area contributed by atoms with Crippen LogP contribution in [0.4, 0.5) is 5.69 Å². The second-order valence-electron chi connectivity index (χ2n) is 6.12. The Morgan fingerprint density at radius 2 is 1.86 bits per heavy atom. The Morgan fingerprint density at radius 1 is 1.14 bits per heavy atom. The number of amides is 1. The molecule has 0 saturated carbocycles. The number of carbonyl (C=O) groups is 1. The van der Waals surface area contributed by atoms with Gasteiger partial charge in [0.15, 0.2) is 0 Å². The van der Waals surface area contributed by atoms with Gasteiger partial charge in [-0.2, -0.15) is 4.31 Å². The third kappa shape index (κ3) is 5.23. The molecule has 2 aromatic carbocycles. The van der Waals surface area contributed by atoms with Crippen molar-refractivity contribution in [2.45, 2.75) is 11.3 Å². The molecular formula is C19H21ClN2O5S. The summed E-state index contributed by atoms with van der Waals surface area (Å²) in [6.45, 7) is 1.43. The Morgan fingerprint density at radius 3 is 2.57 bits per heavy atom. The van der Waals surface area contributed by atoms with Crippen LogP contribution in [-0.2, 0) is 19.6 Å². The molecule has 0 atom stereocenters. The minimum Gasteiger partial charge on any atom is -0.493 e. The van der Waals surface area contributed by atoms with Crippen molar-refractivity contribution in [2.75, 3.05) is 38.2 Å².